The molecule has 27 heavy (non-hydrogen) atoms. The minimum absolute atomic E-state index is 0.00389. The molecule has 0 aliphatic heterocycles. The highest BCUT2D eigenvalue weighted by Crippen LogP contribution is 2.40. The van der Waals surface area contributed by atoms with E-state index in [1.807, 2.05) is 18.2 Å². The number of alkyl halides is 3. The normalized spacial score (nSPS) is 17.6. The second kappa shape index (κ2) is 8.08. The Morgan fingerprint density at radius 1 is 1.33 bits per heavy atom. The second-order valence-corrected chi connectivity index (χ2v) is 6.68. The minimum atomic E-state index is -4.16. The molecule has 1 aliphatic carbocycles. The van der Waals surface area contributed by atoms with E-state index in [4.69, 9.17) is 5.11 Å². The van der Waals surface area contributed by atoms with Gasteiger partial charge in [-0.25, -0.2) is 0 Å². The average molecular weight is 378 g/mol. The van der Waals surface area contributed by atoms with Crippen LogP contribution in [0.5, 0.6) is 0 Å². The van der Waals surface area contributed by atoms with Crippen molar-refractivity contribution >= 4 is 22.4 Å². The average Bonchev–Trinajstić information content (AvgIpc) is 2.66. The maximum Gasteiger partial charge on any atom is 0.392 e. The highest BCUT2D eigenvalue weighted by molar-refractivity contribution is 5.99. The molecule has 1 aromatic carbocycles. The van der Waals surface area contributed by atoms with Crippen LogP contribution < -0.4 is 5.32 Å². The maximum absolute atomic E-state index is 12.9. The fourth-order valence-corrected chi connectivity index (χ4v) is 3.30. The number of benzene rings is 1. The van der Waals surface area contributed by atoms with Gasteiger partial charge in [0.1, 0.15) is 0 Å². The minimum Gasteiger partial charge on any atom is -0.396 e. The number of carbonyl (C=O) groups excluding carboxylic acids is 1. The highest BCUT2D eigenvalue weighted by atomic mass is 19.4. The number of pyridine rings is 1. The van der Waals surface area contributed by atoms with Gasteiger partial charge in [0.2, 0.25) is 0 Å². The molecule has 2 N–H and O–H groups in total. The molecule has 2 aromatic rings. The lowest BCUT2D eigenvalue weighted by molar-refractivity contribution is -0.175. The van der Waals surface area contributed by atoms with E-state index in [-0.39, 0.29) is 25.4 Å². The first-order chi connectivity index (χ1) is 12.9. The molecule has 0 saturated carbocycles. The molecule has 0 radical (unpaired) electrons. The van der Waals surface area contributed by atoms with Gasteiger partial charge in [-0.1, -0.05) is 24.3 Å². The van der Waals surface area contributed by atoms with Gasteiger partial charge in [-0.05, 0) is 37.3 Å². The van der Waals surface area contributed by atoms with Crippen molar-refractivity contribution in [3.05, 3.63) is 47.7 Å². The van der Waals surface area contributed by atoms with Crippen molar-refractivity contribution < 1.29 is 23.1 Å². The summed E-state index contributed by atoms with van der Waals surface area (Å²) in [6.07, 6.45) is -0.122. The summed E-state index contributed by atoms with van der Waals surface area (Å²) in [7, 11) is 0. The molecule has 7 heteroatoms. The standard InChI is InChI=1S/C20H21F3N2O2/c21-20(22,23)16-7-5-13(6-8-16)17-4-1-3-14-11-15(12-25-18(14)17)19(27)24-9-2-10-26/h1,3-5,11-12,16,26H,2,6-10H2,(H,24,27). The quantitative estimate of drug-likeness (QED) is 0.771. The number of para-hydroxylation sites is 1. The fraction of sp³-hybridized carbons (Fsp3) is 0.400. The molecule has 0 spiro atoms. The summed E-state index contributed by atoms with van der Waals surface area (Å²) in [4.78, 5) is 16.5. The smallest absolute Gasteiger partial charge is 0.392 e. The van der Waals surface area contributed by atoms with E-state index in [0.717, 1.165) is 16.5 Å². The van der Waals surface area contributed by atoms with E-state index in [9.17, 15) is 18.0 Å². The van der Waals surface area contributed by atoms with Gasteiger partial charge in [0.15, 0.2) is 0 Å². The Morgan fingerprint density at radius 2 is 2.15 bits per heavy atom. The molecule has 4 nitrogen and oxygen atoms in total. The second-order valence-electron chi connectivity index (χ2n) is 6.68. The van der Waals surface area contributed by atoms with Crippen LogP contribution in [0.4, 0.5) is 13.2 Å². The molecule has 3 rings (SSSR count). The third-order valence-corrected chi connectivity index (χ3v) is 4.81. The van der Waals surface area contributed by atoms with Gasteiger partial charge in [0, 0.05) is 30.3 Å². The largest absolute Gasteiger partial charge is 0.396 e. The van der Waals surface area contributed by atoms with E-state index >= 15 is 0 Å². The number of aromatic nitrogens is 1. The van der Waals surface area contributed by atoms with Crippen LogP contribution in [-0.2, 0) is 0 Å². The van der Waals surface area contributed by atoms with E-state index in [1.54, 1.807) is 12.1 Å². The number of fused-ring (bicyclic) bond motifs is 1. The Balaban J connectivity index is 1.84. The summed E-state index contributed by atoms with van der Waals surface area (Å²) in [5, 5.41) is 12.2. The summed E-state index contributed by atoms with van der Waals surface area (Å²) in [5.41, 5.74) is 2.78. The highest BCUT2D eigenvalue weighted by Gasteiger charge is 2.39. The summed E-state index contributed by atoms with van der Waals surface area (Å²) in [6, 6.07) is 7.24. The predicted molar refractivity (Wildman–Crippen MR) is 97.2 cm³/mol. The van der Waals surface area contributed by atoms with Gasteiger partial charge >= 0.3 is 6.18 Å². The van der Waals surface area contributed by atoms with Crippen LogP contribution in [0.15, 0.2) is 36.5 Å². The van der Waals surface area contributed by atoms with Crippen molar-refractivity contribution in [2.24, 2.45) is 5.92 Å². The van der Waals surface area contributed by atoms with Gasteiger partial charge in [0.05, 0.1) is 17.0 Å². The molecule has 0 bridgehead atoms. The number of allylic oxidation sites excluding steroid dienone is 2. The Kier molecular flexibility index (Phi) is 5.79. The number of halogens is 3. The molecule has 0 saturated heterocycles. The van der Waals surface area contributed by atoms with Gasteiger partial charge in [0.25, 0.3) is 5.91 Å². The Hall–Kier alpha value is -2.41. The van der Waals surface area contributed by atoms with Crippen molar-refractivity contribution in [1.29, 1.82) is 0 Å². The number of nitrogens with one attached hydrogen (secondary N) is 1. The number of amides is 1. The van der Waals surface area contributed by atoms with Crippen LogP contribution in [0.3, 0.4) is 0 Å². The zero-order chi connectivity index (χ0) is 19.4. The topological polar surface area (TPSA) is 62.2 Å². The molecule has 0 fully saturated rings. The first kappa shape index (κ1) is 19.4. The van der Waals surface area contributed by atoms with E-state index in [0.29, 0.717) is 30.5 Å². The lowest BCUT2D eigenvalue weighted by Crippen LogP contribution is -2.25. The van der Waals surface area contributed by atoms with Crippen molar-refractivity contribution in [2.75, 3.05) is 13.2 Å². The van der Waals surface area contributed by atoms with Crippen LogP contribution in [-0.4, -0.2) is 35.3 Å². The van der Waals surface area contributed by atoms with Crippen molar-refractivity contribution in [1.82, 2.24) is 10.3 Å². The maximum atomic E-state index is 12.9. The number of aliphatic hydroxyl groups is 1. The monoisotopic (exact) mass is 378 g/mol. The SMILES string of the molecule is O=C(NCCCO)c1cnc2c(C3=CCC(C(F)(F)F)CC3)cccc2c1. The molecular weight excluding hydrogens is 357 g/mol. The Morgan fingerprint density at radius 3 is 2.81 bits per heavy atom. The van der Waals surface area contributed by atoms with Crippen molar-refractivity contribution in [3.8, 4) is 0 Å². The third-order valence-electron chi connectivity index (χ3n) is 4.81. The van der Waals surface area contributed by atoms with Crippen LogP contribution in [0.25, 0.3) is 16.5 Å². The van der Waals surface area contributed by atoms with E-state index in [2.05, 4.69) is 10.3 Å². The van der Waals surface area contributed by atoms with Crippen molar-refractivity contribution in [3.63, 3.8) is 0 Å². The number of carbonyl (C=O) groups is 1. The molecule has 144 valence electrons. The van der Waals surface area contributed by atoms with Crippen LogP contribution in [0.1, 0.15) is 41.6 Å². The summed E-state index contributed by atoms with van der Waals surface area (Å²) in [6.45, 7) is 0.380. The number of aliphatic hydroxyl groups excluding tert-OH is 1. The summed E-state index contributed by atoms with van der Waals surface area (Å²) in [5.74, 6) is -1.55. The van der Waals surface area contributed by atoms with Crippen LogP contribution in [0, 0.1) is 5.92 Å². The molecule has 1 aliphatic rings. The third kappa shape index (κ3) is 4.47. The number of hydrogen-bond donors (Lipinski definition) is 2. The Labute approximate surface area is 155 Å². The fourth-order valence-electron chi connectivity index (χ4n) is 3.30. The van der Waals surface area contributed by atoms with E-state index in [1.165, 1.54) is 6.20 Å². The molecule has 1 atom stereocenters. The van der Waals surface area contributed by atoms with E-state index < -0.39 is 12.1 Å². The Bertz CT molecular complexity index is 862. The molecule has 1 unspecified atom stereocenters. The van der Waals surface area contributed by atoms with Crippen LogP contribution in [0.2, 0.25) is 0 Å². The first-order valence-corrected chi connectivity index (χ1v) is 8.94. The lowest BCUT2D eigenvalue weighted by Gasteiger charge is -2.24. The zero-order valence-corrected chi connectivity index (χ0v) is 14.7. The summed E-state index contributed by atoms with van der Waals surface area (Å²) >= 11 is 0. The number of hydrogen-bond acceptors (Lipinski definition) is 3. The number of rotatable bonds is 5. The van der Waals surface area contributed by atoms with Gasteiger partial charge in [-0.15, -0.1) is 0 Å². The first-order valence-electron chi connectivity index (χ1n) is 8.94. The van der Waals surface area contributed by atoms with Gasteiger partial charge < -0.3 is 10.4 Å². The zero-order valence-electron chi connectivity index (χ0n) is 14.7. The predicted octanol–water partition coefficient (Wildman–Crippen LogP) is 4.09. The molecular formula is C20H21F3N2O2. The molecule has 1 aromatic heterocycles. The molecule has 1 amide bonds. The van der Waals surface area contributed by atoms with Crippen LogP contribution >= 0.6 is 0 Å². The van der Waals surface area contributed by atoms with Gasteiger partial charge in [-0.3, -0.25) is 9.78 Å². The number of nitrogens with zero attached hydrogens (tertiary/aromatic N) is 1. The molecule has 1 heterocycles. The van der Waals surface area contributed by atoms with Gasteiger partial charge in [-0.2, -0.15) is 13.2 Å². The lowest BCUT2D eigenvalue weighted by atomic mass is 9.85. The summed E-state index contributed by atoms with van der Waals surface area (Å²) < 4.78 is 38.6. The van der Waals surface area contributed by atoms with Crippen molar-refractivity contribution in [2.45, 2.75) is 31.9 Å².